The number of hydrogen-bond donors (Lipinski definition) is 0. The summed E-state index contributed by atoms with van der Waals surface area (Å²) in [6.07, 6.45) is 16.7. The second kappa shape index (κ2) is 7.89. The molecule has 0 radical (unpaired) electrons. The first-order valence-electron chi connectivity index (χ1n) is 8.56. The highest BCUT2D eigenvalue weighted by molar-refractivity contribution is 5.39. The maximum absolute atomic E-state index is 5.81. The zero-order valence-corrected chi connectivity index (χ0v) is 13.3. The molecule has 1 nitrogen and oxygen atoms in total. The van der Waals surface area contributed by atoms with E-state index in [1.807, 2.05) is 7.11 Å². The first-order chi connectivity index (χ1) is 9.83. The fraction of sp³-hybridized carbons (Fsp3) is 0.789. The summed E-state index contributed by atoms with van der Waals surface area (Å²) in [7, 11) is 1.88. The van der Waals surface area contributed by atoms with Gasteiger partial charge >= 0.3 is 0 Å². The van der Waals surface area contributed by atoms with E-state index in [-0.39, 0.29) is 5.41 Å². The molecule has 2 aliphatic carbocycles. The monoisotopic (exact) mass is 274 g/mol. The van der Waals surface area contributed by atoms with Gasteiger partial charge in [-0.25, -0.2) is 0 Å². The Morgan fingerprint density at radius 1 is 1.25 bits per heavy atom. The van der Waals surface area contributed by atoms with E-state index in [2.05, 4.69) is 24.8 Å². The third kappa shape index (κ3) is 3.47. The molecule has 0 bridgehead atoms. The summed E-state index contributed by atoms with van der Waals surface area (Å²) < 4.78 is 5.81. The fourth-order valence-electron chi connectivity index (χ4n) is 3.93. The molecule has 1 heteroatoms. The molecule has 2 atom stereocenters. The maximum atomic E-state index is 5.81. The number of ether oxygens (including phenoxy) is 1. The zero-order chi connectivity index (χ0) is 14.3. The number of rotatable bonds is 5. The smallest absolute Gasteiger partial charge is 0.0674 e. The molecular formula is C19H30O. The van der Waals surface area contributed by atoms with Crippen LogP contribution in [-0.2, 0) is 4.74 Å². The second-order valence-corrected chi connectivity index (χ2v) is 6.40. The van der Waals surface area contributed by atoms with Crippen LogP contribution in [0.25, 0.3) is 0 Å². The summed E-state index contributed by atoms with van der Waals surface area (Å²) in [6.45, 7) is 2.26. The van der Waals surface area contributed by atoms with Crippen molar-refractivity contribution in [2.75, 3.05) is 7.11 Å². The van der Waals surface area contributed by atoms with Crippen LogP contribution in [0.3, 0.4) is 0 Å². The number of unbranched alkanes of at least 4 members (excludes halogenated alkanes) is 4. The molecule has 0 saturated heterocycles. The second-order valence-electron chi connectivity index (χ2n) is 6.40. The van der Waals surface area contributed by atoms with Crippen molar-refractivity contribution in [1.29, 1.82) is 0 Å². The Morgan fingerprint density at radius 3 is 2.95 bits per heavy atom. The molecule has 0 amide bonds. The van der Waals surface area contributed by atoms with Crippen LogP contribution in [0.4, 0.5) is 0 Å². The molecular weight excluding hydrogens is 244 g/mol. The SMILES string of the molecule is CCCCCCC#CC1=CCC[C@]12CCCC[C@H]2OC. The first kappa shape index (κ1) is 15.6. The Kier molecular flexibility index (Phi) is 6.17. The standard InChI is InChI=1S/C19H30O/c1-3-4-5-6-7-8-12-17-13-11-16-19(17)15-10-9-14-18(19)20-2/h13,18H,3-7,9-11,14-16H2,1-2H3/t18-,19-/m1/s1. The zero-order valence-electron chi connectivity index (χ0n) is 13.3. The molecule has 0 aromatic rings. The third-order valence-corrected chi connectivity index (χ3v) is 5.09. The van der Waals surface area contributed by atoms with E-state index in [9.17, 15) is 0 Å². The van der Waals surface area contributed by atoms with Gasteiger partial charge in [0.1, 0.15) is 0 Å². The van der Waals surface area contributed by atoms with E-state index in [1.165, 1.54) is 69.8 Å². The lowest BCUT2D eigenvalue weighted by Crippen LogP contribution is -2.39. The molecule has 0 N–H and O–H groups in total. The van der Waals surface area contributed by atoms with Gasteiger partial charge in [-0.15, -0.1) is 0 Å². The Hall–Kier alpha value is -0.740. The van der Waals surface area contributed by atoms with Crippen LogP contribution in [0.2, 0.25) is 0 Å². The maximum Gasteiger partial charge on any atom is 0.0674 e. The molecule has 1 spiro atoms. The number of hydrogen-bond acceptors (Lipinski definition) is 1. The average molecular weight is 274 g/mol. The van der Waals surface area contributed by atoms with Crippen molar-refractivity contribution in [2.24, 2.45) is 5.41 Å². The summed E-state index contributed by atoms with van der Waals surface area (Å²) in [6, 6.07) is 0. The van der Waals surface area contributed by atoms with Crippen LogP contribution >= 0.6 is 0 Å². The molecule has 0 aliphatic heterocycles. The van der Waals surface area contributed by atoms with Crippen molar-refractivity contribution in [3.63, 3.8) is 0 Å². The topological polar surface area (TPSA) is 9.23 Å². The van der Waals surface area contributed by atoms with Gasteiger partial charge < -0.3 is 4.74 Å². The molecule has 0 aromatic heterocycles. The van der Waals surface area contributed by atoms with Gasteiger partial charge in [-0.2, -0.15) is 0 Å². The summed E-state index contributed by atoms with van der Waals surface area (Å²) in [5.41, 5.74) is 1.67. The lowest BCUT2D eigenvalue weighted by atomic mass is 9.67. The number of methoxy groups -OCH3 is 1. The Morgan fingerprint density at radius 2 is 2.15 bits per heavy atom. The van der Waals surface area contributed by atoms with Crippen LogP contribution in [0.1, 0.15) is 77.6 Å². The summed E-state index contributed by atoms with van der Waals surface area (Å²) in [5, 5.41) is 0. The minimum absolute atomic E-state index is 0.267. The average Bonchev–Trinajstić information content (AvgIpc) is 2.86. The highest BCUT2D eigenvalue weighted by Gasteiger charge is 2.45. The molecule has 0 unspecified atom stereocenters. The van der Waals surface area contributed by atoms with Gasteiger partial charge in [0.15, 0.2) is 0 Å². The van der Waals surface area contributed by atoms with Crippen molar-refractivity contribution < 1.29 is 4.74 Å². The Bertz CT molecular complexity index is 384. The van der Waals surface area contributed by atoms with E-state index in [4.69, 9.17) is 4.74 Å². The summed E-state index contributed by atoms with van der Waals surface area (Å²) in [4.78, 5) is 0. The summed E-state index contributed by atoms with van der Waals surface area (Å²) in [5.74, 6) is 6.94. The van der Waals surface area contributed by atoms with Crippen LogP contribution in [0.15, 0.2) is 11.6 Å². The van der Waals surface area contributed by atoms with Gasteiger partial charge in [0.25, 0.3) is 0 Å². The number of allylic oxidation sites excluding steroid dienone is 1. The fourth-order valence-corrected chi connectivity index (χ4v) is 3.93. The van der Waals surface area contributed by atoms with Crippen molar-refractivity contribution in [1.82, 2.24) is 0 Å². The Labute approximate surface area is 125 Å². The molecule has 2 rings (SSSR count). The van der Waals surface area contributed by atoms with E-state index in [1.54, 1.807) is 0 Å². The molecule has 0 heterocycles. The van der Waals surface area contributed by atoms with Crippen molar-refractivity contribution in [2.45, 2.75) is 83.7 Å². The first-order valence-corrected chi connectivity index (χ1v) is 8.56. The predicted molar refractivity (Wildman–Crippen MR) is 85.6 cm³/mol. The quantitative estimate of drug-likeness (QED) is 0.491. The lowest BCUT2D eigenvalue weighted by Gasteiger charge is -2.41. The summed E-state index contributed by atoms with van der Waals surface area (Å²) >= 11 is 0. The van der Waals surface area contributed by atoms with Crippen molar-refractivity contribution in [3.05, 3.63) is 11.6 Å². The molecule has 112 valence electrons. The van der Waals surface area contributed by atoms with Gasteiger partial charge in [-0.3, -0.25) is 0 Å². The molecule has 20 heavy (non-hydrogen) atoms. The van der Waals surface area contributed by atoms with Crippen LogP contribution in [0, 0.1) is 17.3 Å². The van der Waals surface area contributed by atoms with E-state index in [0.717, 1.165) is 6.42 Å². The van der Waals surface area contributed by atoms with Crippen LogP contribution < -0.4 is 0 Å². The lowest BCUT2D eigenvalue weighted by molar-refractivity contribution is -0.0198. The highest BCUT2D eigenvalue weighted by atomic mass is 16.5. The molecule has 0 aromatic carbocycles. The minimum Gasteiger partial charge on any atom is -0.381 e. The predicted octanol–water partition coefficient (Wildman–Crippen LogP) is 5.26. The van der Waals surface area contributed by atoms with Crippen molar-refractivity contribution in [3.8, 4) is 11.8 Å². The van der Waals surface area contributed by atoms with Gasteiger partial charge in [0.2, 0.25) is 0 Å². The van der Waals surface area contributed by atoms with Crippen molar-refractivity contribution >= 4 is 0 Å². The third-order valence-electron chi connectivity index (χ3n) is 5.09. The molecule has 1 fully saturated rings. The van der Waals surface area contributed by atoms with Crippen LogP contribution in [-0.4, -0.2) is 13.2 Å². The largest absolute Gasteiger partial charge is 0.381 e. The van der Waals surface area contributed by atoms with Crippen LogP contribution in [0.5, 0.6) is 0 Å². The molecule has 2 aliphatic rings. The highest BCUT2D eigenvalue weighted by Crippen LogP contribution is 2.50. The van der Waals surface area contributed by atoms with Gasteiger partial charge in [-0.1, -0.05) is 56.9 Å². The van der Waals surface area contributed by atoms with Gasteiger partial charge in [0.05, 0.1) is 6.10 Å². The van der Waals surface area contributed by atoms with Gasteiger partial charge in [0, 0.05) is 24.5 Å². The van der Waals surface area contributed by atoms with Gasteiger partial charge in [-0.05, 0) is 32.1 Å². The minimum atomic E-state index is 0.267. The van der Waals surface area contributed by atoms with E-state index < -0.39 is 0 Å². The van der Waals surface area contributed by atoms with E-state index in [0.29, 0.717) is 6.10 Å². The Balaban J connectivity index is 1.94. The normalized spacial score (nSPS) is 29.1. The van der Waals surface area contributed by atoms with E-state index >= 15 is 0 Å². The molecule has 1 saturated carbocycles.